The van der Waals surface area contributed by atoms with E-state index in [1.54, 1.807) is 12.3 Å². The molecule has 1 aromatic carbocycles. The molecule has 0 spiro atoms. The van der Waals surface area contributed by atoms with Crippen LogP contribution in [-0.4, -0.2) is 30.8 Å². The zero-order valence-electron chi connectivity index (χ0n) is 14.7. The first kappa shape index (κ1) is 16.7. The van der Waals surface area contributed by atoms with E-state index in [-0.39, 0.29) is 12.7 Å². The van der Waals surface area contributed by atoms with Gasteiger partial charge in [-0.1, -0.05) is 18.9 Å². The maximum Gasteiger partial charge on any atom is 0.270 e. The molecule has 2 aliphatic heterocycles. The first-order valence-electron chi connectivity index (χ1n) is 9.17. The third-order valence-corrected chi connectivity index (χ3v) is 4.84. The number of hydrogen-bond donors (Lipinski definition) is 1. The fourth-order valence-corrected chi connectivity index (χ4v) is 3.36. The molecule has 1 fully saturated rings. The van der Waals surface area contributed by atoms with Crippen molar-refractivity contribution in [3.8, 4) is 11.5 Å². The number of hydrogen-bond acceptors (Lipinski definition) is 5. The zero-order valence-corrected chi connectivity index (χ0v) is 14.7. The van der Waals surface area contributed by atoms with Crippen molar-refractivity contribution in [3.05, 3.63) is 47.8 Å². The topological polar surface area (TPSA) is 63.7 Å². The molecular formula is C20H23N3O3. The average Bonchev–Trinajstić information content (AvgIpc) is 2.98. The lowest BCUT2D eigenvalue weighted by molar-refractivity contribution is 0.0946. The Bertz CT molecular complexity index is 768. The van der Waals surface area contributed by atoms with E-state index in [1.165, 1.54) is 25.7 Å². The van der Waals surface area contributed by atoms with Crippen LogP contribution in [0.5, 0.6) is 11.5 Å². The van der Waals surface area contributed by atoms with E-state index in [0.29, 0.717) is 12.2 Å². The third kappa shape index (κ3) is 3.74. The fraction of sp³-hybridized carbons (Fsp3) is 0.400. The normalized spacial score (nSPS) is 16.2. The van der Waals surface area contributed by atoms with Gasteiger partial charge >= 0.3 is 0 Å². The second kappa shape index (κ2) is 7.64. The number of rotatable bonds is 4. The van der Waals surface area contributed by atoms with Crippen molar-refractivity contribution in [2.75, 3.05) is 24.8 Å². The number of nitrogens with zero attached hydrogens (tertiary/aromatic N) is 2. The fourth-order valence-electron chi connectivity index (χ4n) is 3.36. The van der Waals surface area contributed by atoms with Crippen LogP contribution in [0.2, 0.25) is 0 Å². The van der Waals surface area contributed by atoms with Gasteiger partial charge in [0.15, 0.2) is 11.5 Å². The SMILES string of the molecule is O=C(NCc1ccc2c(c1)OCO2)c1ccc(N2CCCCCC2)cn1. The molecule has 136 valence electrons. The van der Waals surface area contributed by atoms with Gasteiger partial charge in [0.05, 0.1) is 11.9 Å². The van der Waals surface area contributed by atoms with Gasteiger partial charge in [-0.2, -0.15) is 0 Å². The summed E-state index contributed by atoms with van der Waals surface area (Å²) in [6, 6.07) is 9.46. The molecule has 1 N–H and O–H groups in total. The minimum absolute atomic E-state index is 0.176. The largest absolute Gasteiger partial charge is 0.454 e. The summed E-state index contributed by atoms with van der Waals surface area (Å²) in [7, 11) is 0. The molecule has 2 aliphatic rings. The van der Waals surface area contributed by atoms with Crippen molar-refractivity contribution < 1.29 is 14.3 Å². The molecule has 1 saturated heterocycles. The molecule has 0 saturated carbocycles. The van der Waals surface area contributed by atoms with Crippen LogP contribution < -0.4 is 19.7 Å². The van der Waals surface area contributed by atoms with E-state index in [1.807, 2.05) is 24.3 Å². The summed E-state index contributed by atoms with van der Waals surface area (Å²) in [6.45, 7) is 2.80. The van der Waals surface area contributed by atoms with Crippen LogP contribution in [0.15, 0.2) is 36.5 Å². The van der Waals surface area contributed by atoms with Crippen LogP contribution in [0.3, 0.4) is 0 Å². The van der Waals surface area contributed by atoms with Crippen molar-refractivity contribution in [2.24, 2.45) is 0 Å². The lowest BCUT2D eigenvalue weighted by Crippen LogP contribution is -2.26. The Morgan fingerprint density at radius 2 is 1.85 bits per heavy atom. The lowest BCUT2D eigenvalue weighted by atomic mass is 10.2. The number of aromatic nitrogens is 1. The molecule has 4 rings (SSSR count). The lowest BCUT2D eigenvalue weighted by Gasteiger charge is -2.22. The third-order valence-electron chi connectivity index (χ3n) is 4.84. The van der Waals surface area contributed by atoms with Gasteiger partial charge in [-0.25, -0.2) is 4.98 Å². The predicted molar refractivity (Wildman–Crippen MR) is 98.7 cm³/mol. The van der Waals surface area contributed by atoms with Gasteiger partial charge in [0.2, 0.25) is 6.79 Å². The maximum atomic E-state index is 12.4. The van der Waals surface area contributed by atoms with Gasteiger partial charge in [0.25, 0.3) is 5.91 Å². The number of carbonyl (C=O) groups is 1. The Hall–Kier alpha value is -2.76. The van der Waals surface area contributed by atoms with Gasteiger partial charge < -0.3 is 19.7 Å². The van der Waals surface area contributed by atoms with Crippen molar-refractivity contribution in [1.29, 1.82) is 0 Å². The Morgan fingerprint density at radius 3 is 2.62 bits per heavy atom. The highest BCUT2D eigenvalue weighted by molar-refractivity contribution is 5.92. The molecule has 1 amide bonds. The summed E-state index contributed by atoms with van der Waals surface area (Å²) < 4.78 is 10.7. The number of benzene rings is 1. The van der Waals surface area contributed by atoms with Crippen LogP contribution in [0.1, 0.15) is 41.7 Å². The molecule has 6 nitrogen and oxygen atoms in total. The first-order chi connectivity index (χ1) is 12.8. The zero-order chi connectivity index (χ0) is 17.8. The summed E-state index contributed by atoms with van der Waals surface area (Å²) in [5.41, 5.74) is 2.49. The number of fused-ring (bicyclic) bond motifs is 1. The average molecular weight is 353 g/mol. The van der Waals surface area contributed by atoms with Crippen LogP contribution in [0, 0.1) is 0 Å². The predicted octanol–water partition coefficient (Wildman–Crippen LogP) is 3.12. The Morgan fingerprint density at radius 1 is 1.04 bits per heavy atom. The van der Waals surface area contributed by atoms with Crippen LogP contribution in [-0.2, 0) is 6.54 Å². The van der Waals surface area contributed by atoms with E-state index < -0.39 is 0 Å². The first-order valence-corrected chi connectivity index (χ1v) is 9.17. The van der Waals surface area contributed by atoms with Crippen molar-refractivity contribution in [3.63, 3.8) is 0 Å². The Kier molecular flexibility index (Phi) is 4.91. The number of pyridine rings is 1. The quantitative estimate of drug-likeness (QED) is 0.915. The Labute approximate surface area is 153 Å². The maximum absolute atomic E-state index is 12.4. The molecule has 0 bridgehead atoms. The van der Waals surface area contributed by atoms with E-state index in [9.17, 15) is 4.79 Å². The van der Waals surface area contributed by atoms with Crippen molar-refractivity contribution >= 4 is 11.6 Å². The second-order valence-corrected chi connectivity index (χ2v) is 6.67. The van der Waals surface area contributed by atoms with Gasteiger partial charge in [0.1, 0.15) is 5.69 Å². The summed E-state index contributed by atoms with van der Waals surface area (Å²) >= 11 is 0. The monoisotopic (exact) mass is 353 g/mol. The molecule has 0 unspecified atom stereocenters. The van der Waals surface area contributed by atoms with Crippen molar-refractivity contribution in [2.45, 2.75) is 32.2 Å². The second-order valence-electron chi connectivity index (χ2n) is 6.67. The minimum atomic E-state index is -0.176. The van der Waals surface area contributed by atoms with Gasteiger partial charge in [-0.3, -0.25) is 4.79 Å². The van der Waals surface area contributed by atoms with Gasteiger partial charge in [0, 0.05) is 19.6 Å². The molecule has 26 heavy (non-hydrogen) atoms. The highest BCUT2D eigenvalue weighted by Gasteiger charge is 2.15. The molecule has 0 aliphatic carbocycles. The molecule has 1 aromatic heterocycles. The Balaban J connectivity index is 1.35. The molecule has 6 heteroatoms. The number of anilines is 1. The van der Waals surface area contributed by atoms with Gasteiger partial charge in [-0.15, -0.1) is 0 Å². The highest BCUT2D eigenvalue weighted by atomic mass is 16.7. The number of amides is 1. The standard InChI is InChI=1S/C20H23N3O3/c24-20(22-12-15-5-8-18-19(11-15)26-14-25-18)17-7-6-16(13-21-17)23-9-3-1-2-4-10-23/h5-8,11,13H,1-4,9-10,12,14H2,(H,22,24). The summed E-state index contributed by atoms with van der Waals surface area (Å²) in [5.74, 6) is 1.28. The molecule has 2 aromatic rings. The summed E-state index contributed by atoms with van der Waals surface area (Å²) in [5, 5.41) is 2.90. The van der Waals surface area contributed by atoms with Gasteiger partial charge in [-0.05, 0) is 42.7 Å². The van der Waals surface area contributed by atoms with Crippen LogP contribution >= 0.6 is 0 Å². The number of nitrogens with one attached hydrogen (secondary N) is 1. The minimum Gasteiger partial charge on any atom is -0.454 e. The molecular weight excluding hydrogens is 330 g/mol. The van der Waals surface area contributed by atoms with E-state index >= 15 is 0 Å². The summed E-state index contributed by atoms with van der Waals surface area (Å²) in [6.07, 6.45) is 6.84. The van der Waals surface area contributed by atoms with E-state index in [0.717, 1.165) is 35.8 Å². The van der Waals surface area contributed by atoms with Crippen LogP contribution in [0.25, 0.3) is 0 Å². The molecule has 0 atom stereocenters. The van der Waals surface area contributed by atoms with Crippen molar-refractivity contribution in [1.82, 2.24) is 10.3 Å². The summed E-state index contributed by atoms with van der Waals surface area (Å²) in [4.78, 5) is 19.1. The number of ether oxygens (including phenoxy) is 2. The smallest absolute Gasteiger partial charge is 0.270 e. The highest BCUT2D eigenvalue weighted by Crippen LogP contribution is 2.32. The van der Waals surface area contributed by atoms with Crippen LogP contribution in [0.4, 0.5) is 5.69 Å². The molecule has 0 radical (unpaired) electrons. The number of carbonyl (C=O) groups excluding carboxylic acids is 1. The van der Waals surface area contributed by atoms with E-state index in [2.05, 4.69) is 15.2 Å². The molecule has 3 heterocycles. The van der Waals surface area contributed by atoms with E-state index in [4.69, 9.17) is 9.47 Å².